The first-order valence-corrected chi connectivity index (χ1v) is 13.6. The lowest BCUT2D eigenvalue weighted by molar-refractivity contribution is -0.985. The zero-order valence-corrected chi connectivity index (χ0v) is 22.9. The predicted molar refractivity (Wildman–Crippen MR) is 146 cm³/mol. The van der Waals surface area contributed by atoms with E-state index in [0.29, 0.717) is 36.9 Å². The van der Waals surface area contributed by atoms with Crippen LogP contribution in [0.1, 0.15) is 44.1 Å². The number of piperidine rings is 3. The Labute approximate surface area is 225 Å². The first-order valence-electron chi connectivity index (χ1n) is 13.6. The van der Waals surface area contributed by atoms with E-state index in [1.165, 1.54) is 0 Å². The highest BCUT2D eigenvalue weighted by atomic mass is 16.5. The van der Waals surface area contributed by atoms with E-state index in [1.807, 2.05) is 45.4 Å². The number of aromatic nitrogens is 3. The van der Waals surface area contributed by atoms with E-state index < -0.39 is 0 Å². The fraction of sp³-hybridized carbons (Fsp3) is 0.500. The summed E-state index contributed by atoms with van der Waals surface area (Å²) in [5.74, 6) is 2.43. The number of hydrogen-bond acceptors (Lipinski definition) is 7. The van der Waals surface area contributed by atoms with Gasteiger partial charge in [-0.05, 0) is 49.6 Å². The average molecular weight is 520 g/mol. The molecule has 6 rings (SSSR count). The van der Waals surface area contributed by atoms with Crippen molar-refractivity contribution in [1.29, 1.82) is 0 Å². The van der Waals surface area contributed by atoms with Gasteiger partial charge in [-0.2, -0.15) is 9.97 Å². The minimum absolute atomic E-state index is 0.110. The minimum Gasteiger partial charge on any atom is -0.497 e. The molecule has 3 unspecified atom stereocenters. The second-order valence-electron chi connectivity index (χ2n) is 10.3. The van der Waals surface area contributed by atoms with Crippen molar-refractivity contribution in [2.75, 3.05) is 40.5 Å². The van der Waals surface area contributed by atoms with Crippen LogP contribution in [0.15, 0.2) is 49.2 Å². The largest absolute Gasteiger partial charge is 0.497 e. The van der Waals surface area contributed by atoms with Gasteiger partial charge in [-0.3, -0.25) is 4.98 Å². The fourth-order valence-corrected chi connectivity index (χ4v) is 6.64. The molecule has 3 aromatic rings. The third-order valence-electron chi connectivity index (χ3n) is 8.35. The van der Waals surface area contributed by atoms with Crippen molar-refractivity contribution in [3.8, 4) is 17.6 Å². The zero-order valence-electron chi connectivity index (χ0n) is 22.9. The molecule has 2 bridgehead atoms. The van der Waals surface area contributed by atoms with Gasteiger partial charge < -0.3 is 23.4 Å². The van der Waals surface area contributed by atoms with Gasteiger partial charge in [0.15, 0.2) is 0 Å². The molecule has 0 aliphatic carbocycles. The van der Waals surface area contributed by atoms with Crippen LogP contribution in [0.2, 0.25) is 0 Å². The van der Waals surface area contributed by atoms with Crippen molar-refractivity contribution in [3.05, 3.63) is 60.4 Å². The molecular weight excluding hydrogens is 480 g/mol. The van der Waals surface area contributed by atoms with Crippen molar-refractivity contribution in [2.24, 2.45) is 11.8 Å². The molecular formula is C30H39N4O4+. The highest BCUT2D eigenvalue weighted by Crippen LogP contribution is 2.49. The Morgan fingerprint density at radius 3 is 2.68 bits per heavy atom. The van der Waals surface area contributed by atoms with Crippen LogP contribution < -0.4 is 14.2 Å². The number of quaternary nitrogens is 1. The van der Waals surface area contributed by atoms with Gasteiger partial charge in [0.1, 0.15) is 30.1 Å². The molecule has 0 N–H and O–H groups in total. The monoisotopic (exact) mass is 519 g/mol. The second-order valence-corrected chi connectivity index (χ2v) is 10.3. The van der Waals surface area contributed by atoms with Crippen LogP contribution in [-0.4, -0.2) is 66.0 Å². The first-order chi connectivity index (χ1) is 18.5. The summed E-state index contributed by atoms with van der Waals surface area (Å²) < 4.78 is 24.3. The zero-order chi connectivity index (χ0) is 26.7. The molecule has 5 heterocycles. The molecule has 202 valence electrons. The summed E-state index contributed by atoms with van der Waals surface area (Å²) >= 11 is 0. The standard InChI is InChI=1S/C30H39N4O4/c1-6-20-18-34(19-22-16-28(37-7-2)33-30(32-22)38-8-3)14-12-21(20)15-27(34)29(36-5)24-11-13-31-26-10-9-23(35-4)17-25(24)26/h6,9-11,13,16-17,20-21,27,29H,1,7-8,12,14-15,18-19H2,2-5H3/q+1/t20?,21?,27-,29+,34?/m0/s1. The molecule has 0 amide bonds. The molecule has 8 heteroatoms. The van der Waals surface area contributed by atoms with Crippen LogP contribution in [-0.2, 0) is 11.3 Å². The Hall–Kier alpha value is -3.23. The quantitative estimate of drug-likeness (QED) is 0.257. The number of rotatable bonds is 11. The Bertz CT molecular complexity index is 1260. The molecule has 0 spiro atoms. The topological polar surface area (TPSA) is 75.6 Å². The number of ether oxygens (including phenoxy) is 4. The van der Waals surface area contributed by atoms with Crippen LogP contribution in [0, 0.1) is 11.8 Å². The van der Waals surface area contributed by atoms with Crippen LogP contribution in [0.4, 0.5) is 0 Å². The van der Waals surface area contributed by atoms with Gasteiger partial charge in [-0.1, -0.05) is 6.08 Å². The maximum absolute atomic E-state index is 6.37. The third kappa shape index (κ3) is 4.95. The number of nitrogens with zero attached hydrogens (tertiary/aromatic N) is 4. The van der Waals surface area contributed by atoms with Crippen LogP contribution in [0.3, 0.4) is 0 Å². The van der Waals surface area contributed by atoms with Crippen molar-refractivity contribution >= 4 is 10.9 Å². The van der Waals surface area contributed by atoms with E-state index >= 15 is 0 Å². The van der Waals surface area contributed by atoms with Crippen LogP contribution in [0.25, 0.3) is 10.9 Å². The lowest BCUT2D eigenvalue weighted by Gasteiger charge is -2.58. The molecule has 3 aliphatic rings. The summed E-state index contributed by atoms with van der Waals surface area (Å²) in [6, 6.07) is 10.7. The van der Waals surface area contributed by atoms with Gasteiger partial charge in [0.05, 0.1) is 38.9 Å². The number of methoxy groups -OCH3 is 2. The summed E-state index contributed by atoms with van der Waals surface area (Å²) in [5, 5.41) is 1.07. The minimum atomic E-state index is -0.110. The highest BCUT2D eigenvalue weighted by Gasteiger charge is 2.54. The molecule has 3 fully saturated rings. The van der Waals surface area contributed by atoms with Gasteiger partial charge in [-0.15, -0.1) is 6.58 Å². The third-order valence-corrected chi connectivity index (χ3v) is 8.35. The van der Waals surface area contributed by atoms with Crippen molar-refractivity contribution in [3.63, 3.8) is 0 Å². The van der Waals surface area contributed by atoms with Crippen molar-refractivity contribution in [1.82, 2.24) is 15.0 Å². The molecule has 2 aromatic heterocycles. The summed E-state index contributed by atoms with van der Waals surface area (Å²) in [5.41, 5.74) is 3.01. The summed E-state index contributed by atoms with van der Waals surface area (Å²) in [7, 11) is 3.52. The van der Waals surface area contributed by atoms with Gasteiger partial charge in [-0.25, -0.2) is 0 Å². The Morgan fingerprint density at radius 2 is 1.95 bits per heavy atom. The van der Waals surface area contributed by atoms with E-state index in [9.17, 15) is 0 Å². The van der Waals surface area contributed by atoms with Crippen molar-refractivity contribution < 1.29 is 23.4 Å². The lowest BCUT2D eigenvalue weighted by atomic mass is 9.71. The van der Waals surface area contributed by atoms with Gasteiger partial charge >= 0.3 is 6.01 Å². The molecule has 8 nitrogen and oxygen atoms in total. The van der Waals surface area contributed by atoms with E-state index in [0.717, 1.165) is 64.9 Å². The molecule has 3 saturated heterocycles. The molecule has 0 radical (unpaired) electrons. The molecule has 5 atom stereocenters. The molecule has 38 heavy (non-hydrogen) atoms. The van der Waals surface area contributed by atoms with E-state index in [2.05, 4.69) is 34.8 Å². The summed E-state index contributed by atoms with van der Waals surface area (Å²) in [4.78, 5) is 13.9. The Kier molecular flexibility index (Phi) is 7.81. The number of benzene rings is 1. The Morgan fingerprint density at radius 1 is 1.11 bits per heavy atom. The number of pyridine rings is 1. The highest BCUT2D eigenvalue weighted by molar-refractivity contribution is 5.84. The van der Waals surface area contributed by atoms with E-state index in [-0.39, 0.29) is 12.1 Å². The molecule has 3 aliphatic heterocycles. The lowest BCUT2D eigenvalue weighted by Crippen LogP contribution is -2.67. The first kappa shape index (κ1) is 26.4. The van der Waals surface area contributed by atoms with E-state index in [4.69, 9.17) is 23.9 Å². The average Bonchev–Trinajstić information content (AvgIpc) is 2.94. The molecule has 1 aromatic carbocycles. The van der Waals surface area contributed by atoms with E-state index in [1.54, 1.807) is 7.11 Å². The summed E-state index contributed by atoms with van der Waals surface area (Å²) in [6.45, 7) is 11.9. The fourth-order valence-electron chi connectivity index (χ4n) is 6.64. The van der Waals surface area contributed by atoms with Gasteiger partial charge in [0, 0.05) is 43.5 Å². The van der Waals surface area contributed by atoms with Crippen LogP contribution >= 0.6 is 0 Å². The number of fused-ring (bicyclic) bond motifs is 4. The number of hydrogen-bond donors (Lipinski definition) is 0. The second kappa shape index (κ2) is 11.3. The molecule has 0 saturated carbocycles. The van der Waals surface area contributed by atoms with Gasteiger partial charge in [0.25, 0.3) is 0 Å². The summed E-state index contributed by atoms with van der Waals surface area (Å²) in [6.07, 6.45) is 6.15. The van der Waals surface area contributed by atoms with Gasteiger partial charge in [0.2, 0.25) is 5.88 Å². The maximum atomic E-state index is 6.37. The predicted octanol–water partition coefficient (Wildman–Crippen LogP) is 5.13. The van der Waals surface area contributed by atoms with Crippen LogP contribution in [0.5, 0.6) is 17.6 Å². The smallest absolute Gasteiger partial charge is 0.320 e. The SMILES string of the molecule is C=CC1C[N+]2(Cc3cc(OCC)nc(OCC)n3)CCC1C[C@H]2[C@H](OC)c1ccnc2ccc(OC)cc12. The Balaban J connectivity index is 1.58. The normalized spacial score (nSPS) is 25.2. The van der Waals surface area contributed by atoms with Crippen molar-refractivity contribution in [2.45, 2.75) is 45.4 Å². The maximum Gasteiger partial charge on any atom is 0.320 e.